The van der Waals surface area contributed by atoms with Gasteiger partial charge in [-0.2, -0.15) is 0 Å². The van der Waals surface area contributed by atoms with Gasteiger partial charge in [-0.3, -0.25) is 5.73 Å². The molecule has 0 aromatic rings. The van der Waals surface area contributed by atoms with Crippen molar-refractivity contribution in [2.24, 2.45) is 0 Å². The van der Waals surface area contributed by atoms with Gasteiger partial charge in [0.2, 0.25) is 6.54 Å². The molecule has 0 saturated carbocycles. The Labute approximate surface area is 31.4 Å². The fourth-order valence-corrected chi connectivity index (χ4v) is 0.0559. The van der Waals surface area contributed by atoms with Gasteiger partial charge >= 0.3 is 0 Å². The van der Waals surface area contributed by atoms with Crippen LogP contribution in [0.15, 0.2) is 0 Å². The zero-order chi connectivity index (χ0) is 4.12. The summed E-state index contributed by atoms with van der Waals surface area (Å²) in [6, 6.07) is 0. The van der Waals surface area contributed by atoms with Gasteiger partial charge in [-0.25, -0.2) is 6.57 Å². The quantitative estimate of drug-likeness (QED) is 0.393. The molecule has 0 atom stereocenters. The molecule has 0 aliphatic rings. The maximum Gasteiger partial charge on any atom is 0.228 e. The van der Waals surface area contributed by atoms with Crippen molar-refractivity contribution in [3.8, 4) is 0 Å². The van der Waals surface area contributed by atoms with E-state index >= 15 is 0 Å². The minimum absolute atomic E-state index is 0.240. The van der Waals surface area contributed by atoms with E-state index < -0.39 is 0 Å². The van der Waals surface area contributed by atoms with Gasteiger partial charge in [0.25, 0.3) is 0 Å². The molecule has 0 rings (SSSR count). The normalized spacial score (nSPS) is 6.40. The predicted octanol–water partition coefficient (Wildman–Crippen LogP) is 0.189. The fraction of sp³-hybridized carbons (Fsp3) is 0.667. The van der Waals surface area contributed by atoms with Crippen LogP contribution in [0.4, 0.5) is 0 Å². The molecule has 0 bridgehead atoms. The zero-order valence-electron chi connectivity index (χ0n) is 2.86. The van der Waals surface area contributed by atoms with E-state index in [-0.39, 0.29) is 6.54 Å². The average Bonchev–Trinajstić information content (AvgIpc) is 1.41. The van der Waals surface area contributed by atoms with Crippen molar-refractivity contribution < 1.29 is 0 Å². The van der Waals surface area contributed by atoms with Crippen LogP contribution in [-0.2, 0) is 0 Å². The van der Waals surface area contributed by atoms with E-state index in [4.69, 9.17) is 12.3 Å². The maximum absolute atomic E-state index is 6.39. The first-order chi connectivity index (χ1) is 2.41. The van der Waals surface area contributed by atoms with Crippen molar-refractivity contribution in [2.45, 2.75) is 0 Å². The smallest absolute Gasteiger partial charge is 0.228 e. The van der Waals surface area contributed by atoms with Crippen LogP contribution in [0.2, 0.25) is 0 Å². The molecule has 27 valence electrons. The molecule has 1 N–H and O–H groups in total. The highest BCUT2D eigenvalue weighted by atomic mass is 14.7. The SMILES string of the molecule is [C-]#[N+]CC[NH]. The number of hydrogen-bond donors (Lipinski definition) is 0. The molecule has 2 heteroatoms. The van der Waals surface area contributed by atoms with Crippen LogP contribution < -0.4 is 5.73 Å². The molecular formula is C3H5N2. The van der Waals surface area contributed by atoms with Crippen LogP contribution in [0.25, 0.3) is 4.85 Å². The predicted molar refractivity (Wildman–Crippen MR) is 19.4 cm³/mol. The summed E-state index contributed by atoms with van der Waals surface area (Å²) in [5, 5.41) is 0. The minimum Gasteiger partial charge on any atom is -0.315 e. The summed E-state index contributed by atoms with van der Waals surface area (Å²) in [4.78, 5) is 2.92. The Hall–Kier alpha value is -0.550. The van der Waals surface area contributed by atoms with E-state index in [1.54, 1.807) is 0 Å². The Balaban J connectivity index is 2.48. The fourth-order valence-electron chi connectivity index (χ4n) is 0.0559. The molecule has 0 spiro atoms. The molecule has 2 nitrogen and oxygen atoms in total. The second kappa shape index (κ2) is 3.45. The van der Waals surface area contributed by atoms with Gasteiger partial charge in [0.15, 0.2) is 0 Å². The highest BCUT2D eigenvalue weighted by molar-refractivity contribution is 4.55. The number of hydrogen-bond acceptors (Lipinski definition) is 0. The first-order valence-corrected chi connectivity index (χ1v) is 1.39. The number of nitrogens with zero attached hydrogens (tertiary/aromatic N) is 1. The summed E-state index contributed by atoms with van der Waals surface area (Å²) < 4.78 is 0. The van der Waals surface area contributed by atoms with Gasteiger partial charge in [0.05, 0.1) is 6.54 Å². The summed E-state index contributed by atoms with van der Waals surface area (Å²) in [5.74, 6) is 0. The Morgan fingerprint density at radius 3 is 2.40 bits per heavy atom. The monoisotopic (exact) mass is 69.0 g/mol. The molecule has 0 saturated heterocycles. The first kappa shape index (κ1) is 4.45. The van der Waals surface area contributed by atoms with Crippen LogP contribution in [0.3, 0.4) is 0 Å². The van der Waals surface area contributed by atoms with Gasteiger partial charge in [-0.15, -0.1) is 0 Å². The topological polar surface area (TPSA) is 28.2 Å². The lowest BCUT2D eigenvalue weighted by atomic mass is 10.7. The maximum atomic E-state index is 6.39. The third-order valence-electron chi connectivity index (χ3n) is 0.224. The van der Waals surface area contributed by atoms with Crippen LogP contribution >= 0.6 is 0 Å². The highest BCUT2D eigenvalue weighted by Gasteiger charge is 1.69. The molecule has 0 aromatic heterocycles. The lowest BCUT2D eigenvalue weighted by Gasteiger charge is -1.65. The molecule has 0 heterocycles. The third kappa shape index (κ3) is 3.45. The van der Waals surface area contributed by atoms with Crippen LogP contribution in [0.5, 0.6) is 0 Å². The van der Waals surface area contributed by atoms with Crippen LogP contribution in [0.1, 0.15) is 0 Å². The molecule has 0 fully saturated rings. The first-order valence-electron chi connectivity index (χ1n) is 1.39. The lowest BCUT2D eigenvalue weighted by Crippen LogP contribution is -1.83. The Kier molecular flexibility index (Phi) is 3.07. The Morgan fingerprint density at radius 2 is 2.40 bits per heavy atom. The molecule has 0 aliphatic carbocycles. The summed E-state index contributed by atoms with van der Waals surface area (Å²) in [6.45, 7) is 6.69. The molecule has 0 amide bonds. The lowest BCUT2D eigenvalue weighted by molar-refractivity contribution is 1.04. The minimum atomic E-state index is 0.240. The molecule has 5 heavy (non-hydrogen) atoms. The third-order valence-corrected chi connectivity index (χ3v) is 0.224. The zero-order valence-corrected chi connectivity index (χ0v) is 2.86. The summed E-state index contributed by atoms with van der Waals surface area (Å²) in [6.07, 6.45) is 0. The molecule has 0 aliphatic heterocycles. The average molecular weight is 69.1 g/mol. The van der Waals surface area contributed by atoms with Crippen molar-refractivity contribution >= 4 is 0 Å². The number of rotatable bonds is 1. The van der Waals surface area contributed by atoms with E-state index in [1.165, 1.54) is 0 Å². The van der Waals surface area contributed by atoms with Gasteiger partial charge in [-0.05, 0) is 0 Å². The van der Waals surface area contributed by atoms with E-state index in [2.05, 4.69) is 4.85 Å². The van der Waals surface area contributed by atoms with Crippen molar-refractivity contribution in [1.82, 2.24) is 5.73 Å². The summed E-state index contributed by atoms with van der Waals surface area (Å²) in [5.41, 5.74) is 6.39. The highest BCUT2D eigenvalue weighted by Crippen LogP contribution is 1.55. The molecule has 0 aromatic carbocycles. The van der Waals surface area contributed by atoms with Crippen LogP contribution in [-0.4, -0.2) is 13.1 Å². The molecule has 1 radical (unpaired) electrons. The molecule has 0 unspecified atom stereocenters. The van der Waals surface area contributed by atoms with Crippen molar-refractivity contribution in [3.05, 3.63) is 11.4 Å². The van der Waals surface area contributed by atoms with Crippen molar-refractivity contribution in [1.29, 1.82) is 0 Å². The Bertz CT molecular complexity index is 43.3. The van der Waals surface area contributed by atoms with Gasteiger partial charge in [-0.1, -0.05) is 0 Å². The summed E-state index contributed by atoms with van der Waals surface area (Å²) >= 11 is 0. The second-order valence-corrected chi connectivity index (χ2v) is 0.632. The Morgan fingerprint density at radius 1 is 1.80 bits per heavy atom. The molecular weight excluding hydrogens is 64.0 g/mol. The van der Waals surface area contributed by atoms with E-state index in [9.17, 15) is 0 Å². The van der Waals surface area contributed by atoms with E-state index in [0.29, 0.717) is 6.54 Å². The largest absolute Gasteiger partial charge is 0.315 e. The van der Waals surface area contributed by atoms with Crippen molar-refractivity contribution in [3.63, 3.8) is 0 Å². The van der Waals surface area contributed by atoms with E-state index in [1.807, 2.05) is 0 Å². The van der Waals surface area contributed by atoms with Gasteiger partial charge in [0.1, 0.15) is 0 Å². The van der Waals surface area contributed by atoms with Gasteiger partial charge < -0.3 is 4.85 Å². The number of nitrogens with one attached hydrogen (secondary N) is 1. The van der Waals surface area contributed by atoms with Crippen LogP contribution in [0, 0.1) is 6.57 Å². The summed E-state index contributed by atoms with van der Waals surface area (Å²) in [7, 11) is 0. The van der Waals surface area contributed by atoms with Crippen molar-refractivity contribution in [2.75, 3.05) is 13.1 Å². The van der Waals surface area contributed by atoms with E-state index in [0.717, 1.165) is 0 Å². The van der Waals surface area contributed by atoms with Gasteiger partial charge in [0, 0.05) is 0 Å². The standard InChI is InChI=1S/C3H5N2/c1-5-3-2-4/h4H,2-3H2. The second-order valence-electron chi connectivity index (χ2n) is 0.632.